The monoisotopic (exact) mass is 213 g/mol. The van der Waals surface area contributed by atoms with Crippen molar-refractivity contribution < 1.29 is 9.53 Å². The lowest BCUT2D eigenvalue weighted by Gasteiger charge is -2.29. The first kappa shape index (κ1) is 13.8. The average Bonchev–Trinajstić information content (AvgIpc) is 2.20. The molecule has 1 aliphatic carbocycles. The van der Waals surface area contributed by atoms with Gasteiger partial charge in [-0.15, -0.1) is 0 Å². The Morgan fingerprint density at radius 3 is 2.53 bits per heavy atom. The van der Waals surface area contributed by atoms with Crippen molar-refractivity contribution in [3.63, 3.8) is 0 Å². The zero-order chi connectivity index (χ0) is 10.4. The Morgan fingerprint density at radius 1 is 1.47 bits per heavy atom. The van der Waals surface area contributed by atoms with E-state index in [1.165, 1.54) is 0 Å². The molecule has 0 aromatic heterocycles. The summed E-state index contributed by atoms with van der Waals surface area (Å²) in [7, 11) is 0. The number of azide groups is 1. The molecule has 1 rings (SSSR count). The molecule has 5 nitrogen and oxygen atoms in total. The molecular formula is C10H19N3O2. The highest BCUT2D eigenvalue weighted by Crippen LogP contribution is 2.33. The fourth-order valence-corrected chi connectivity index (χ4v) is 1.83. The zero-order valence-corrected chi connectivity index (χ0v) is 8.40. The molecule has 0 atom stereocenters. The van der Waals surface area contributed by atoms with Crippen molar-refractivity contribution >= 4 is 5.97 Å². The number of nitrogens with zero attached hydrogens (tertiary/aromatic N) is 3. The highest BCUT2D eigenvalue weighted by atomic mass is 16.5. The summed E-state index contributed by atoms with van der Waals surface area (Å²) < 4.78 is 4.93. The topological polar surface area (TPSA) is 75.1 Å². The third-order valence-electron chi connectivity index (χ3n) is 2.57. The van der Waals surface area contributed by atoms with Gasteiger partial charge >= 0.3 is 5.97 Å². The van der Waals surface area contributed by atoms with Crippen LogP contribution in [0.4, 0.5) is 0 Å². The third kappa shape index (κ3) is 3.13. The molecule has 0 aromatic rings. The van der Waals surface area contributed by atoms with Gasteiger partial charge in [-0.05, 0) is 25.3 Å². The van der Waals surface area contributed by atoms with Crippen LogP contribution in [0.5, 0.6) is 0 Å². The second kappa shape index (κ2) is 6.30. The SMILES string of the molecule is C.CCOC(=O)C1(N=[N+]=[N-])CCCCC1. The Labute approximate surface area is 90.4 Å². The molecule has 86 valence electrons. The maximum Gasteiger partial charge on any atom is 0.318 e. The van der Waals surface area contributed by atoms with E-state index in [-0.39, 0.29) is 13.4 Å². The quantitative estimate of drug-likeness (QED) is 0.312. The Kier molecular flexibility index (Phi) is 5.79. The van der Waals surface area contributed by atoms with Crippen LogP contribution in [0.2, 0.25) is 0 Å². The summed E-state index contributed by atoms with van der Waals surface area (Å²) in [6.45, 7) is 2.09. The van der Waals surface area contributed by atoms with Gasteiger partial charge < -0.3 is 4.74 Å². The number of ether oxygens (including phenoxy) is 1. The Morgan fingerprint density at radius 2 is 2.07 bits per heavy atom. The number of carbonyl (C=O) groups excluding carboxylic acids is 1. The molecular weight excluding hydrogens is 194 g/mol. The van der Waals surface area contributed by atoms with Crippen molar-refractivity contribution in [2.24, 2.45) is 5.11 Å². The van der Waals surface area contributed by atoms with Crippen LogP contribution in [-0.2, 0) is 9.53 Å². The highest BCUT2D eigenvalue weighted by Gasteiger charge is 2.40. The van der Waals surface area contributed by atoms with E-state index < -0.39 is 5.54 Å². The van der Waals surface area contributed by atoms with Crippen molar-refractivity contribution in [2.45, 2.75) is 52.0 Å². The van der Waals surface area contributed by atoms with Crippen LogP contribution in [0.3, 0.4) is 0 Å². The molecule has 1 aliphatic rings. The number of hydrogen-bond donors (Lipinski definition) is 0. The number of hydrogen-bond acceptors (Lipinski definition) is 3. The van der Waals surface area contributed by atoms with Crippen LogP contribution < -0.4 is 0 Å². The highest BCUT2D eigenvalue weighted by molar-refractivity contribution is 5.81. The smallest absolute Gasteiger partial charge is 0.318 e. The molecule has 0 N–H and O–H groups in total. The molecule has 0 bridgehead atoms. The summed E-state index contributed by atoms with van der Waals surface area (Å²) in [5.74, 6) is -0.363. The molecule has 0 aliphatic heterocycles. The maximum absolute atomic E-state index is 11.6. The molecule has 1 saturated carbocycles. The van der Waals surface area contributed by atoms with Gasteiger partial charge in [0, 0.05) is 4.91 Å². The lowest BCUT2D eigenvalue weighted by atomic mass is 9.82. The Hall–Kier alpha value is -1.22. The molecule has 0 saturated heterocycles. The van der Waals surface area contributed by atoms with E-state index in [4.69, 9.17) is 10.3 Å². The van der Waals surface area contributed by atoms with Crippen LogP contribution in [0.25, 0.3) is 10.4 Å². The van der Waals surface area contributed by atoms with E-state index in [1.807, 2.05) is 0 Å². The van der Waals surface area contributed by atoms with Crippen molar-refractivity contribution in [3.8, 4) is 0 Å². The molecule has 0 spiro atoms. The van der Waals surface area contributed by atoms with Crippen molar-refractivity contribution in [1.29, 1.82) is 0 Å². The van der Waals surface area contributed by atoms with Crippen LogP contribution in [0.15, 0.2) is 5.11 Å². The van der Waals surface area contributed by atoms with Crippen LogP contribution in [0, 0.1) is 0 Å². The predicted octanol–water partition coefficient (Wildman–Crippen LogP) is 3.20. The van der Waals surface area contributed by atoms with Gasteiger partial charge in [-0.3, -0.25) is 4.79 Å². The minimum atomic E-state index is -0.914. The normalized spacial score (nSPS) is 18.2. The van der Waals surface area contributed by atoms with Gasteiger partial charge in [0.1, 0.15) is 5.54 Å². The fraction of sp³-hybridized carbons (Fsp3) is 0.900. The summed E-state index contributed by atoms with van der Waals surface area (Å²) in [4.78, 5) is 14.4. The van der Waals surface area contributed by atoms with Gasteiger partial charge in [0.25, 0.3) is 0 Å². The molecule has 5 heteroatoms. The molecule has 0 heterocycles. The first-order valence-corrected chi connectivity index (χ1v) is 4.98. The van der Waals surface area contributed by atoms with E-state index in [2.05, 4.69) is 10.0 Å². The summed E-state index contributed by atoms with van der Waals surface area (Å²) in [5.41, 5.74) is 7.54. The predicted molar refractivity (Wildman–Crippen MR) is 58.3 cm³/mol. The van der Waals surface area contributed by atoms with Crippen LogP contribution >= 0.6 is 0 Å². The van der Waals surface area contributed by atoms with Gasteiger partial charge in [0.15, 0.2) is 0 Å². The second-order valence-corrected chi connectivity index (χ2v) is 3.50. The zero-order valence-electron chi connectivity index (χ0n) is 8.40. The van der Waals surface area contributed by atoms with Gasteiger partial charge in [-0.2, -0.15) is 0 Å². The fourth-order valence-electron chi connectivity index (χ4n) is 1.83. The van der Waals surface area contributed by atoms with E-state index in [0.29, 0.717) is 19.4 Å². The summed E-state index contributed by atoms with van der Waals surface area (Å²) in [6, 6.07) is 0. The van der Waals surface area contributed by atoms with Gasteiger partial charge in [-0.1, -0.05) is 31.8 Å². The van der Waals surface area contributed by atoms with E-state index in [9.17, 15) is 4.79 Å². The lowest BCUT2D eigenvalue weighted by molar-refractivity contribution is -0.150. The first-order chi connectivity index (χ1) is 6.75. The number of esters is 1. The molecule has 15 heavy (non-hydrogen) atoms. The molecule has 0 aromatic carbocycles. The molecule has 0 unspecified atom stereocenters. The van der Waals surface area contributed by atoms with Crippen LogP contribution in [0.1, 0.15) is 46.5 Å². The summed E-state index contributed by atoms with van der Waals surface area (Å²) >= 11 is 0. The summed E-state index contributed by atoms with van der Waals surface area (Å²) in [6.07, 6.45) is 4.20. The van der Waals surface area contributed by atoms with E-state index >= 15 is 0 Å². The minimum absolute atomic E-state index is 0. The Balaban J connectivity index is 0.00000196. The van der Waals surface area contributed by atoms with Gasteiger partial charge in [-0.25, -0.2) is 0 Å². The van der Waals surface area contributed by atoms with E-state index in [1.54, 1.807) is 6.92 Å². The minimum Gasteiger partial charge on any atom is -0.465 e. The average molecular weight is 213 g/mol. The number of rotatable bonds is 3. The third-order valence-corrected chi connectivity index (χ3v) is 2.57. The maximum atomic E-state index is 11.6. The van der Waals surface area contributed by atoms with E-state index in [0.717, 1.165) is 19.3 Å². The van der Waals surface area contributed by atoms with Crippen LogP contribution in [-0.4, -0.2) is 18.1 Å². The lowest BCUT2D eigenvalue weighted by Crippen LogP contribution is -2.39. The molecule has 0 radical (unpaired) electrons. The standard InChI is InChI=1S/C9H15N3O2.CH4/c1-2-14-8(13)9(11-12-10)6-4-3-5-7-9;/h2-7H2,1H3;1H4. The molecule has 0 amide bonds. The van der Waals surface area contributed by atoms with Crippen molar-refractivity contribution in [1.82, 2.24) is 0 Å². The molecule has 1 fully saturated rings. The second-order valence-electron chi connectivity index (χ2n) is 3.50. The largest absolute Gasteiger partial charge is 0.465 e. The van der Waals surface area contributed by atoms with Crippen molar-refractivity contribution in [3.05, 3.63) is 10.4 Å². The Bertz CT molecular complexity index is 253. The number of carbonyl (C=O) groups is 1. The summed E-state index contributed by atoms with van der Waals surface area (Å²) in [5, 5.41) is 3.64. The van der Waals surface area contributed by atoms with Gasteiger partial charge in [0.05, 0.1) is 6.61 Å². The van der Waals surface area contributed by atoms with Gasteiger partial charge in [0.2, 0.25) is 0 Å². The van der Waals surface area contributed by atoms with Crippen molar-refractivity contribution in [2.75, 3.05) is 6.61 Å². The first-order valence-electron chi connectivity index (χ1n) is 4.98.